The van der Waals surface area contributed by atoms with Gasteiger partial charge in [-0.15, -0.1) is 0 Å². The van der Waals surface area contributed by atoms with Crippen LogP contribution in [0.5, 0.6) is 5.75 Å². The third-order valence-corrected chi connectivity index (χ3v) is 2.00. The van der Waals surface area contributed by atoms with E-state index >= 15 is 0 Å². The van der Waals surface area contributed by atoms with E-state index in [2.05, 4.69) is 10.1 Å². The van der Waals surface area contributed by atoms with Crippen LogP contribution in [0.2, 0.25) is 0 Å². The molecule has 1 aromatic carbocycles. The van der Waals surface area contributed by atoms with E-state index in [0.717, 1.165) is 0 Å². The summed E-state index contributed by atoms with van der Waals surface area (Å²) < 4.78 is 10.2. The Hall–Kier alpha value is -1.88. The molecule has 84 valence electrons. The minimum atomic E-state index is 0.169. The first kappa shape index (κ1) is 10.6. The maximum Gasteiger partial charge on any atom is 0.258 e. The van der Waals surface area contributed by atoms with Gasteiger partial charge in [0, 0.05) is 12.2 Å². The highest BCUT2D eigenvalue weighted by molar-refractivity contribution is 5.55. The molecule has 0 saturated heterocycles. The average molecular weight is 220 g/mol. The summed E-state index contributed by atoms with van der Waals surface area (Å²) in [6.07, 6.45) is 0. The van der Waals surface area contributed by atoms with Gasteiger partial charge >= 0.3 is 0 Å². The molecule has 5 nitrogen and oxygen atoms in total. The van der Waals surface area contributed by atoms with E-state index in [-0.39, 0.29) is 5.75 Å². The number of hydrogen-bond acceptors (Lipinski definition) is 5. The first-order valence-corrected chi connectivity index (χ1v) is 4.99. The van der Waals surface area contributed by atoms with Gasteiger partial charge in [0.05, 0.1) is 0 Å². The Morgan fingerprint density at radius 1 is 1.44 bits per heavy atom. The Balaban J connectivity index is 2.18. The predicted molar refractivity (Wildman–Crippen MR) is 56.7 cm³/mol. The molecule has 1 aromatic heterocycles. The standard InChI is InChI=1S/C11H12N2O3/c1-2-15-7-10-12-11(16-13-10)8-4-3-5-9(14)6-8/h3-6,14H,2,7H2,1H3. The number of phenols is 1. The first-order valence-electron chi connectivity index (χ1n) is 4.99. The van der Waals surface area contributed by atoms with Crippen LogP contribution in [-0.2, 0) is 11.3 Å². The zero-order valence-electron chi connectivity index (χ0n) is 8.88. The lowest BCUT2D eigenvalue weighted by molar-refractivity contribution is 0.126. The number of aromatic hydroxyl groups is 1. The molecule has 2 aromatic rings. The lowest BCUT2D eigenvalue weighted by Crippen LogP contribution is -1.93. The van der Waals surface area contributed by atoms with Crippen LogP contribution in [0.4, 0.5) is 0 Å². The number of aromatic nitrogens is 2. The summed E-state index contributed by atoms with van der Waals surface area (Å²) in [5.74, 6) is 1.05. The molecular weight excluding hydrogens is 208 g/mol. The van der Waals surface area contributed by atoms with Crippen molar-refractivity contribution in [2.45, 2.75) is 13.5 Å². The van der Waals surface area contributed by atoms with Crippen molar-refractivity contribution in [3.63, 3.8) is 0 Å². The quantitative estimate of drug-likeness (QED) is 0.853. The molecule has 2 rings (SSSR count). The van der Waals surface area contributed by atoms with Crippen LogP contribution >= 0.6 is 0 Å². The monoisotopic (exact) mass is 220 g/mol. The highest BCUT2D eigenvalue weighted by Gasteiger charge is 2.08. The van der Waals surface area contributed by atoms with Crippen LogP contribution in [0.3, 0.4) is 0 Å². The summed E-state index contributed by atoms with van der Waals surface area (Å²) in [6, 6.07) is 6.66. The van der Waals surface area contributed by atoms with Crippen LogP contribution < -0.4 is 0 Å². The van der Waals surface area contributed by atoms with Crippen molar-refractivity contribution >= 4 is 0 Å². The van der Waals surface area contributed by atoms with Gasteiger partial charge in [0.25, 0.3) is 5.89 Å². The predicted octanol–water partition coefficient (Wildman–Crippen LogP) is 1.98. The van der Waals surface area contributed by atoms with Crippen LogP contribution in [0.25, 0.3) is 11.5 Å². The molecule has 0 bridgehead atoms. The van der Waals surface area contributed by atoms with Gasteiger partial charge in [-0.25, -0.2) is 0 Å². The van der Waals surface area contributed by atoms with E-state index in [9.17, 15) is 5.11 Å². The zero-order valence-corrected chi connectivity index (χ0v) is 8.88. The summed E-state index contributed by atoms with van der Waals surface area (Å²) in [5.41, 5.74) is 0.690. The lowest BCUT2D eigenvalue weighted by Gasteiger charge is -1.94. The number of benzene rings is 1. The van der Waals surface area contributed by atoms with Gasteiger partial charge in [-0.2, -0.15) is 4.98 Å². The highest BCUT2D eigenvalue weighted by Crippen LogP contribution is 2.21. The molecule has 0 saturated carbocycles. The van der Waals surface area contributed by atoms with Crippen LogP contribution in [0, 0.1) is 0 Å². The third kappa shape index (κ3) is 2.38. The molecule has 0 spiro atoms. The molecule has 0 atom stereocenters. The first-order chi connectivity index (χ1) is 7.79. The minimum Gasteiger partial charge on any atom is -0.508 e. The molecule has 16 heavy (non-hydrogen) atoms. The normalized spacial score (nSPS) is 10.6. The molecular formula is C11H12N2O3. The Bertz CT molecular complexity index is 468. The second-order valence-electron chi connectivity index (χ2n) is 3.20. The molecule has 0 unspecified atom stereocenters. The van der Waals surface area contributed by atoms with Gasteiger partial charge in [0.2, 0.25) is 0 Å². The fourth-order valence-corrected chi connectivity index (χ4v) is 1.26. The van der Waals surface area contributed by atoms with Gasteiger partial charge in [0.1, 0.15) is 12.4 Å². The Kier molecular flexibility index (Phi) is 3.16. The van der Waals surface area contributed by atoms with Gasteiger partial charge in [-0.1, -0.05) is 11.2 Å². The van der Waals surface area contributed by atoms with Gasteiger partial charge in [0.15, 0.2) is 5.82 Å². The molecule has 0 aliphatic rings. The Morgan fingerprint density at radius 2 is 2.31 bits per heavy atom. The van der Waals surface area contributed by atoms with Crippen molar-refractivity contribution in [1.82, 2.24) is 10.1 Å². The average Bonchev–Trinajstić information content (AvgIpc) is 2.75. The number of hydrogen-bond donors (Lipinski definition) is 1. The van der Waals surface area contributed by atoms with Crippen LogP contribution in [0.15, 0.2) is 28.8 Å². The molecule has 0 fully saturated rings. The number of nitrogens with zero attached hydrogens (tertiary/aromatic N) is 2. The summed E-state index contributed by atoms with van der Waals surface area (Å²) >= 11 is 0. The van der Waals surface area contributed by atoms with Crippen molar-refractivity contribution in [2.75, 3.05) is 6.61 Å². The second-order valence-corrected chi connectivity index (χ2v) is 3.20. The largest absolute Gasteiger partial charge is 0.508 e. The van der Waals surface area contributed by atoms with E-state index in [1.54, 1.807) is 24.3 Å². The molecule has 0 radical (unpaired) electrons. The van der Waals surface area contributed by atoms with Gasteiger partial charge in [-0.05, 0) is 25.1 Å². The van der Waals surface area contributed by atoms with E-state index in [0.29, 0.717) is 30.5 Å². The van der Waals surface area contributed by atoms with Crippen LogP contribution in [0.1, 0.15) is 12.7 Å². The summed E-state index contributed by atoms with van der Waals surface area (Å²) in [6.45, 7) is 2.84. The maximum atomic E-state index is 9.31. The third-order valence-electron chi connectivity index (χ3n) is 2.00. The number of phenolic OH excluding ortho intramolecular Hbond substituents is 1. The van der Waals surface area contributed by atoms with Crippen LogP contribution in [-0.4, -0.2) is 21.9 Å². The summed E-state index contributed by atoms with van der Waals surface area (Å²) in [4.78, 5) is 4.15. The molecule has 0 amide bonds. The number of ether oxygens (including phenoxy) is 1. The van der Waals surface area contributed by atoms with Crippen molar-refractivity contribution in [2.24, 2.45) is 0 Å². The van der Waals surface area contributed by atoms with Crippen molar-refractivity contribution in [1.29, 1.82) is 0 Å². The minimum absolute atomic E-state index is 0.169. The van der Waals surface area contributed by atoms with E-state index in [1.807, 2.05) is 6.92 Å². The van der Waals surface area contributed by atoms with E-state index in [4.69, 9.17) is 9.26 Å². The molecule has 1 N–H and O–H groups in total. The second kappa shape index (κ2) is 4.76. The maximum absolute atomic E-state index is 9.31. The molecule has 0 aliphatic heterocycles. The molecule has 0 aliphatic carbocycles. The highest BCUT2D eigenvalue weighted by atomic mass is 16.5. The topological polar surface area (TPSA) is 68.4 Å². The van der Waals surface area contributed by atoms with E-state index in [1.165, 1.54) is 0 Å². The molecule has 1 heterocycles. The van der Waals surface area contributed by atoms with E-state index < -0.39 is 0 Å². The van der Waals surface area contributed by atoms with Crippen molar-refractivity contribution in [3.05, 3.63) is 30.1 Å². The van der Waals surface area contributed by atoms with Gasteiger partial charge in [-0.3, -0.25) is 0 Å². The fourth-order valence-electron chi connectivity index (χ4n) is 1.26. The molecule has 5 heteroatoms. The fraction of sp³-hybridized carbons (Fsp3) is 0.273. The lowest BCUT2D eigenvalue weighted by atomic mass is 10.2. The Labute approximate surface area is 92.7 Å². The zero-order chi connectivity index (χ0) is 11.4. The van der Waals surface area contributed by atoms with Gasteiger partial charge < -0.3 is 14.4 Å². The van der Waals surface area contributed by atoms with Crippen molar-refractivity contribution in [3.8, 4) is 17.2 Å². The Morgan fingerprint density at radius 3 is 3.06 bits per heavy atom. The smallest absolute Gasteiger partial charge is 0.258 e. The SMILES string of the molecule is CCOCc1noc(-c2cccc(O)c2)n1. The van der Waals surface area contributed by atoms with Crippen molar-refractivity contribution < 1.29 is 14.4 Å². The summed E-state index contributed by atoms with van der Waals surface area (Å²) in [7, 11) is 0. The number of rotatable bonds is 4. The summed E-state index contributed by atoms with van der Waals surface area (Å²) in [5, 5.41) is 13.1.